The van der Waals surface area contributed by atoms with Crippen LogP contribution in [0.4, 0.5) is 24.7 Å². The number of nitrogens with zero attached hydrogens (tertiary/aromatic N) is 3. The molecule has 0 saturated carbocycles. The number of alkyl halides is 3. The lowest BCUT2D eigenvalue weighted by molar-refractivity contribution is -0.159. The number of carbonyl (C=O) groups excluding carboxylic acids is 1. The molecule has 2 aromatic rings. The van der Waals surface area contributed by atoms with E-state index in [0.717, 1.165) is 6.07 Å². The van der Waals surface area contributed by atoms with Crippen molar-refractivity contribution >= 4 is 41.3 Å². The highest BCUT2D eigenvalue weighted by atomic mass is 19.4. The molecule has 1 aromatic heterocycles. The Hall–Kier alpha value is -4.57. The van der Waals surface area contributed by atoms with Gasteiger partial charge in [0, 0.05) is 31.4 Å². The fourth-order valence-electron chi connectivity index (χ4n) is 3.40. The number of nitrogens with two attached hydrogens (primary N) is 1. The second-order valence-corrected chi connectivity index (χ2v) is 7.61. The number of carboxylic acids is 4. The normalized spacial score (nSPS) is 14.5. The molecule has 1 saturated heterocycles. The maximum Gasteiger partial charge on any atom is 0.416 e. The molecule has 13 nitrogen and oxygen atoms in total. The lowest BCUT2D eigenvalue weighted by atomic mass is 10.1. The van der Waals surface area contributed by atoms with E-state index in [0.29, 0.717) is 37.7 Å². The summed E-state index contributed by atoms with van der Waals surface area (Å²) in [5.41, 5.74) is 5.12. The Morgan fingerprint density at radius 2 is 1.39 bits per heavy atom. The molecule has 1 amide bonds. The van der Waals surface area contributed by atoms with Crippen molar-refractivity contribution in [2.24, 2.45) is 5.73 Å². The molecule has 1 aliphatic heterocycles. The summed E-state index contributed by atoms with van der Waals surface area (Å²) in [6.07, 6.45) is -2.77. The van der Waals surface area contributed by atoms with Crippen LogP contribution in [-0.4, -0.2) is 92.8 Å². The van der Waals surface area contributed by atoms with Gasteiger partial charge in [-0.1, -0.05) is 12.1 Å². The molecule has 0 unspecified atom stereocenters. The molecule has 0 aliphatic carbocycles. The minimum atomic E-state index is -4.40. The first-order chi connectivity index (χ1) is 17.6. The molecule has 3 rings (SSSR count). The van der Waals surface area contributed by atoms with E-state index in [-0.39, 0.29) is 11.0 Å². The van der Waals surface area contributed by atoms with Gasteiger partial charge in [-0.15, -0.1) is 0 Å². The van der Waals surface area contributed by atoms with Crippen molar-refractivity contribution in [3.8, 4) is 0 Å². The molecule has 38 heavy (non-hydrogen) atoms. The predicted octanol–water partition coefficient (Wildman–Crippen LogP) is 0.852. The van der Waals surface area contributed by atoms with E-state index < -0.39 is 41.5 Å². The van der Waals surface area contributed by atoms with E-state index >= 15 is 0 Å². The highest BCUT2D eigenvalue weighted by Gasteiger charge is 2.40. The first-order valence-electron chi connectivity index (χ1n) is 10.5. The van der Waals surface area contributed by atoms with Crippen LogP contribution in [0.5, 0.6) is 0 Å². The quantitative estimate of drug-likeness (QED) is 0.269. The van der Waals surface area contributed by atoms with Gasteiger partial charge in [0.1, 0.15) is 18.8 Å². The summed E-state index contributed by atoms with van der Waals surface area (Å²) in [6.45, 7) is 2.23. The van der Waals surface area contributed by atoms with Gasteiger partial charge in [-0.2, -0.15) is 13.2 Å². The lowest BCUT2D eigenvalue weighted by Gasteiger charge is -2.43. The molecular formula is C22H24F3N4O9+. The highest BCUT2D eigenvalue weighted by Crippen LogP contribution is 2.38. The molecule has 0 atom stereocenters. The number of carboxylic acid groups (broad SMARTS) is 4. The monoisotopic (exact) mass is 545 g/mol. The van der Waals surface area contributed by atoms with Crippen LogP contribution >= 0.6 is 0 Å². The summed E-state index contributed by atoms with van der Waals surface area (Å²) in [5, 5.41) is 29.6. The van der Waals surface area contributed by atoms with Crippen LogP contribution in [0.1, 0.15) is 5.56 Å². The number of piperazine rings is 1. The third-order valence-electron chi connectivity index (χ3n) is 5.10. The Labute approximate surface area is 212 Å². The second kappa shape index (κ2) is 13.7. The number of quaternary nitrogens is 1. The van der Waals surface area contributed by atoms with Gasteiger partial charge in [0.2, 0.25) is 11.7 Å². The van der Waals surface area contributed by atoms with Crippen molar-refractivity contribution in [1.29, 1.82) is 0 Å². The molecule has 2 heterocycles. The van der Waals surface area contributed by atoms with E-state index in [9.17, 15) is 18.0 Å². The first kappa shape index (κ1) is 31.5. The average molecular weight is 545 g/mol. The Bertz CT molecular complexity index is 1100. The molecule has 6 N–H and O–H groups in total. The molecule has 206 valence electrons. The summed E-state index contributed by atoms with van der Waals surface area (Å²) in [4.78, 5) is 53.9. The third-order valence-corrected chi connectivity index (χ3v) is 5.10. The zero-order valence-corrected chi connectivity index (χ0v) is 19.5. The van der Waals surface area contributed by atoms with E-state index in [1.807, 2.05) is 17.0 Å². The van der Waals surface area contributed by atoms with Crippen LogP contribution in [0.15, 0.2) is 48.7 Å². The standard InChI is InChI=1S/C18H19F3N4O.2C2H2O4/c19-18(20,21)14-4-3-5-15(12-14)25(17-6-1-2-7-23-17)10-8-24(9-11-25)13-16(22)26;2*3-1(4)2(5)6/h1-7,12H,8-11,13H2,(H-,22,26);2*(H,3,4)(H,5,6)/p+1. The zero-order chi connectivity index (χ0) is 29.1. The number of amides is 1. The minimum Gasteiger partial charge on any atom is -0.473 e. The summed E-state index contributed by atoms with van der Waals surface area (Å²) in [5.74, 6) is -7.03. The van der Waals surface area contributed by atoms with E-state index in [4.69, 9.17) is 45.3 Å². The number of carbonyl (C=O) groups is 5. The minimum absolute atomic E-state index is 0.144. The fraction of sp³-hybridized carbons (Fsp3) is 0.273. The highest BCUT2D eigenvalue weighted by molar-refractivity contribution is 6.27. The molecule has 0 spiro atoms. The van der Waals surface area contributed by atoms with Crippen LogP contribution in [-0.2, 0) is 30.1 Å². The Morgan fingerprint density at radius 3 is 1.79 bits per heavy atom. The summed E-state index contributed by atoms with van der Waals surface area (Å²) >= 11 is 0. The van der Waals surface area contributed by atoms with E-state index in [1.165, 1.54) is 12.1 Å². The van der Waals surface area contributed by atoms with Gasteiger partial charge in [0.25, 0.3) is 0 Å². The lowest BCUT2D eigenvalue weighted by Crippen LogP contribution is -2.59. The Kier molecular flexibility index (Phi) is 11.3. The van der Waals surface area contributed by atoms with Crippen molar-refractivity contribution in [3.63, 3.8) is 0 Å². The first-order valence-corrected chi connectivity index (χ1v) is 10.5. The Balaban J connectivity index is 0.000000503. The van der Waals surface area contributed by atoms with Crippen LogP contribution in [0.25, 0.3) is 0 Å². The van der Waals surface area contributed by atoms with E-state index in [2.05, 4.69) is 4.98 Å². The fourth-order valence-corrected chi connectivity index (χ4v) is 3.40. The zero-order valence-electron chi connectivity index (χ0n) is 19.5. The molecular weight excluding hydrogens is 521 g/mol. The largest absolute Gasteiger partial charge is 0.473 e. The van der Waals surface area contributed by atoms with Gasteiger partial charge < -0.3 is 26.2 Å². The summed E-state index contributed by atoms with van der Waals surface area (Å²) in [6, 6.07) is 10.8. The van der Waals surface area contributed by atoms with Gasteiger partial charge in [-0.3, -0.25) is 9.69 Å². The molecule has 16 heteroatoms. The smallest absolute Gasteiger partial charge is 0.416 e. The number of aromatic nitrogens is 1. The number of primary amides is 1. The van der Waals surface area contributed by atoms with Gasteiger partial charge in [-0.05, 0) is 18.2 Å². The van der Waals surface area contributed by atoms with Crippen molar-refractivity contribution in [2.45, 2.75) is 6.18 Å². The SMILES string of the molecule is NC(=O)CN1CC[N+](c2cccc(C(F)(F)F)c2)(c2ccccn2)CC1.O=C(O)C(=O)O.O=C(O)C(=O)O. The molecule has 0 radical (unpaired) electrons. The van der Waals surface area contributed by atoms with Crippen molar-refractivity contribution in [1.82, 2.24) is 14.4 Å². The number of hydrogen-bond acceptors (Lipinski definition) is 7. The number of hydrogen-bond donors (Lipinski definition) is 5. The second-order valence-electron chi connectivity index (χ2n) is 7.61. The predicted molar refractivity (Wildman–Crippen MR) is 123 cm³/mol. The van der Waals surface area contributed by atoms with Crippen LogP contribution < -0.4 is 10.2 Å². The number of rotatable bonds is 4. The molecule has 1 aliphatic rings. The summed E-state index contributed by atoms with van der Waals surface area (Å²) in [7, 11) is 0. The van der Waals surface area contributed by atoms with Crippen molar-refractivity contribution in [3.05, 3.63) is 54.2 Å². The maximum absolute atomic E-state index is 13.2. The van der Waals surface area contributed by atoms with Gasteiger partial charge in [0.05, 0.1) is 12.1 Å². The number of pyridine rings is 1. The van der Waals surface area contributed by atoms with Crippen molar-refractivity contribution < 1.29 is 57.6 Å². The van der Waals surface area contributed by atoms with Crippen LogP contribution in [0.3, 0.4) is 0 Å². The van der Waals surface area contributed by atoms with Gasteiger partial charge >= 0.3 is 30.1 Å². The van der Waals surface area contributed by atoms with E-state index in [1.54, 1.807) is 18.3 Å². The van der Waals surface area contributed by atoms with Gasteiger partial charge in [0.15, 0.2) is 0 Å². The molecule has 0 bridgehead atoms. The molecule has 1 aromatic carbocycles. The molecule has 1 fully saturated rings. The summed E-state index contributed by atoms with van der Waals surface area (Å²) < 4.78 is 39.8. The third kappa shape index (κ3) is 9.47. The maximum atomic E-state index is 13.2. The Morgan fingerprint density at radius 1 is 0.868 bits per heavy atom. The topological polar surface area (TPSA) is 208 Å². The average Bonchev–Trinajstić information content (AvgIpc) is 2.85. The number of halogens is 3. The van der Waals surface area contributed by atoms with Crippen LogP contribution in [0.2, 0.25) is 0 Å². The number of aliphatic carboxylic acids is 4. The van der Waals surface area contributed by atoms with Crippen LogP contribution in [0, 0.1) is 0 Å². The number of benzene rings is 1. The van der Waals surface area contributed by atoms with Gasteiger partial charge in [-0.25, -0.2) is 28.6 Å². The van der Waals surface area contributed by atoms with Crippen molar-refractivity contribution in [2.75, 3.05) is 32.7 Å².